The summed E-state index contributed by atoms with van der Waals surface area (Å²) in [6.45, 7) is 5.27. The van der Waals surface area contributed by atoms with E-state index in [1.54, 1.807) is 81.4 Å². The first-order valence-electron chi connectivity index (χ1n) is 11.7. The van der Waals surface area contributed by atoms with Crippen molar-refractivity contribution >= 4 is 54.8 Å². The standard InChI is InChI=1S/C29H22Br2O7/c1-15-12-22(32)35-24-20(15)10-11-21-23(24)25(36-27(33)16-6-4-8-18(30)13-16)26(29(2,3)38-21)37-28(34)17-7-5-9-19(31)14-17/h4-14,25-26H,1-3H3/t25-,26-/m1/s1. The molecule has 0 aliphatic carbocycles. The van der Waals surface area contributed by atoms with Crippen molar-refractivity contribution < 1.29 is 28.2 Å². The van der Waals surface area contributed by atoms with Crippen molar-refractivity contribution in [2.75, 3.05) is 0 Å². The first-order chi connectivity index (χ1) is 18.0. The predicted octanol–water partition coefficient (Wildman–Crippen LogP) is 6.92. The van der Waals surface area contributed by atoms with Crippen molar-refractivity contribution in [1.82, 2.24) is 0 Å². The van der Waals surface area contributed by atoms with Gasteiger partial charge < -0.3 is 18.6 Å². The molecule has 1 aliphatic heterocycles. The minimum absolute atomic E-state index is 0.207. The molecule has 3 aromatic carbocycles. The van der Waals surface area contributed by atoms with Crippen LogP contribution in [0.5, 0.6) is 5.75 Å². The lowest BCUT2D eigenvalue weighted by atomic mass is 9.86. The number of esters is 2. The number of ether oxygens (including phenoxy) is 3. The van der Waals surface area contributed by atoms with Gasteiger partial charge in [0.05, 0.1) is 16.7 Å². The number of aryl methyl sites for hydroxylation is 1. The van der Waals surface area contributed by atoms with E-state index < -0.39 is 35.4 Å². The molecule has 38 heavy (non-hydrogen) atoms. The summed E-state index contributed by atoms with van der Waals surface area (Å²) >= 11 is 6.74. The van der Waals surface area contributed by atoms with Gasteiger partial charge in [0.15, 0.2) is 12.2 Å². The van der Waals surface area contributed by atoms with Crippen LogP contribution in [0.1, 0.15) is 51.8 Å². The van der Waals surface area contributed by atoms with Crippen LogP contribution in [0, 0.1) is 6.92 Å². The second kappa shape index (κ2) is 10.0. The van der Waals surface area contributed by atoms with E-state index in [4.69, 9.17) is 18.6 Å². The Hall–Kier alpha value is -3.43. The molecule has 0 saturated heterocycles. The summed E-state index contributed by atoms with van der Waals surface area (Å²) < 4.78 is 25.4. The van der Waals surface area contributed by atoms with E-state index in [0.717, 1.165) is 0 Å². The molecule has 0 bridgehead atoms. The normalized spacial score (nSPS) is 17.8. The molecule has 0 amide bonds. The molecule has 194 valence electrons. The summed E-state index contributed by atoms with van der Waals surface area (Å²) in [5.41, 5.74) is 0.126. The van der Waals surface area contributed by atoms with E-state index in [1.165, 1.54) is 6.07 Å². The highest BCUT2D eigenvalue weighted by molar-refractivity contribution is 9.10. The number of carbonyl (C=O) groups is 2. The van der Waals surface area contributed by atoms with E-state index in [9.17, 15) is 14.4 Å². The molecular formula is C29H22Br2O7. The summed E-state index contributed by atoms with van der Waals surface area (Å²) in [7, 11) is 0. The monoisotopic (exact) mass is 640 g/mol. The van der Waals surface area contributed by atoms with Gasteiger partial charge in [-0.1, -0.05) is 44.0 Å². The average Bonchev–Trinajstić information content (AvgIpc) is 2.85. The molecule has 0 radical (unpaired) electrons. The Kier molecular flexibility index (Phi) is 6.92. The zero-order chi connectivity index (χ0) is 27.2. The number of hydrogen-bond donors (Lipinski definition) is 0. The molecule has 0 fully saturated rings. The first kappa shape index (κ1) is 26.2. The molecular weight excluding hydrogens is 620 g/mol. The highest BCUT2D eigenvalue weighted by Crippen LogP contribution is 2.47. The largest absolute Gasteiger partial charge is 0.483 e. The average molecular weight is 642 g/mol. The molecule has 1 aromatic heterocycles. The van der Waals surface area contributed by atoms with E-state index >= 15 is 0 Å². The summed E-state index contributed by atoms with van der Waals surface area (Å²) in [6.07, 6.45) is -2.24. The lowest BCUT2D eigenvalue weighted by Crippen LogP contribution is -2.52. The summed E-state index contributed by atoms with van der Waals surface area (Å²) in [4.78, 5) is 39.0. The number of fused-ring (bicyclic) bond motifs is 3. The number of benzene rings is 3. The Morgan fingerprint density at radius 2 is 1.47 bits per heavy atom. The Balaban J connectivity index is 1.66. The van der Waals surface area contributed by atoms with Crippen LogP contribution in [0.4, 0.5) is 0 Å². The van der Waals surface area contributed by atoms with Crippen LogP contribution in [0.2, 0.25) is 0 Å². The molecule has 2 heterocycles. The summed E-state index contributed by atoms with van der Waals surface area (Å²) in [5.74, 6) is -0.911. The van der Waals surface area contributed by atoms with Gasteiger partial charge in [-0.15, -0.1) is 0 Å². The van der Waals surface area contributed by atoms with Gasteiger partial charge in [0, 0.05) is 20.4 Å². The van der Waals surface area contributed by atoms with Crippen LogP contribution in [-0.4, -0.2) is 23.6 Å². The third-order valence-corrected chi connectivity index (χ3v) is 7.31. The Morgan fingerprint density at radius 3 is 2.08 bits per heavy atom. The van der Waals surface area contributed by atoms with E-state index in [0.29, 0.717) is 42.3 Å². The molecule has 9 heteroatoms. The van der Waals surface area contributed by atoms with E-state index in [-0.39, 0.29) is 5.58 Å². The highest BCUT2D eigenvalue weighted by Gasteiger charge is 2.50. The van der Waals surface area contributed by atoms with E-state index in [2.05, 4.69) is 31.9 Å². The molecule has 0 N–H and O–H groups in total. The minimum Gasteiger partial charge on any atom is -0.483 e. The maximum atomic E-state index is 13.4. The van der Waals surface area contributed by atoms with Crippen LogP contribution in [0.3, 0.4) is 0 Å². The quantitative estimate of drug-likeness (QED) is 0.176. The lowest BCUT2D eigenvalue weighted by molar-refractivity contribution is -0.122. The van der Waals surface area contributed by atoms with Crippen LogP contribution >= 0.6 is 31.9 Å². The topological polar surface area (TPSA) is 92.0 Å². The van der Waals surface area contributed by atoms with Crippen LogP contribution in [-0.2, 0) is 9.47 Å². The fourth-order valence-electron chi connectivity index (χ4n) is 4.52. The smallest absolute Gasteiger partial charge is 0.338 e. The van der Waals surface area contributed by atoms with Gasteiger partial charge in [-0.2, -0.15) is 0 Å². The minimum atomic E-state index is -1.15. The van der Waals surface area contributed by atoms with Gasteiger partial charge in [0.2, 0.25) is 0 Å². The molecule has 0 spiro atoms. The number of halogens is 2. The SMILES string of the molecule is Cc1cc(=O)oc2c3c(ccc12)OC(C)(C)[C@H](OC(=O)c1cccc(Br)c1)[C@@H]3OC(=O)c1cccc(Br)c1. The van der Waals surface area contributed by atoms with Gasteiger partial charge in [-0.25, -0.2) is 14.4 Å². The van der Waals surface area contributed by atoms with Crippen LogP contribution in [0.25, 0.3) is 11.0 Å². The van der Waals surface area contributed by atoms with Crippen molar-refractivity contribution in [2.24, 2.45) is 0 Å². The molecule has 1 aliphatic rings. The maximum Gasteiger partial charge on any atom is 0.338 e. The molecule has 0 unspecified atom stereocenters. The van der Waals surface area contributed by atoms with Crippen molar-refractivity contribution in [3.63, 3.8) is 0 Å². The van der Waals surface area contributed by atoms with Gasteiger partial charge in [-0.3, -0.25) is 0 Å². The second-order valence-corrected chi connectivity index (χ2v) is 11.3. The Bertz CT molecular complexity index is 1640. The fraction of sp³-hybridized carbons (Fsp3) is 0.207. The molecule has 7 nitrogen and oxygen atoms in total. The highest BCUT2D eigenvalue weighted by atomic mass is 79.9. The van der Waals surface area contributed by atoms with Gasteiger partial charge in [0.25, 0.3) is 0 Å². The first-order valence-corrected chi connectivity index (χ1v) is 13.3. The molecule has 2 atom stereocenters. The second-order valence-electron chi connectivity index (χ2n) is 9.48. The zero-order valence-electron chi connectivity index (χ0n) is 20.6. The predicted molar refractivity (Wildman–Crippen MR) is 148 cm³/mol. The van der Waals surface area contributed by atoms with Crippen LogP contribution in [0.15, 0.2) is 84.9 Å². The van der Waals surface area contributed by atoms with Crippen molar-refractivity contribution in [3.8, 4) is 5.75 Å². The van der Waals surface area contributed by atoms with Gasteiger partial charge >= 0.3 is 17.6 Å². The van der Waals surface area contributed by atoms with E-state index in [1.807, 2.05) is 0 Å². The lowest BCUT2D eigenvalue weighted by Gasteiger charge is -2.43. The fourth-order valence-corrected chi connectivity index (χ4v) is 5.32. The Labute approximate surface area is 235 Å². The van der Waals surface area contributed by atoms with Gasteiger partial charge in [0.1, 0.15) is 16.9 Å². The third-order valence-electron chi connectivity index (χ3n) is 6.32. The maximum absolute atomic E-state index is 13.4. The van der Waals surface area contributed by atoms with Crippen LogP contribution < -0.4 is 10.4 Å². The number of hydrogen-bond acceptors (Lipinski definition) is 7. The summed E-state index contributed by atoms with van der Waals surface area (Å²) in [5, 5.41) is 0.646. The molecule has 5 rings (SSSR count). The number of rotatable bonds is 4. The molecule has 4 aromatic rings. The van der Waals surface area contributed by atoms with Gasteiger partial charge in [-0.05, 0) is 74.9 Å². The zero-order valence-corrected chi connectivity index (χ0v) is 23.8. The van der Waals surface area contributed by atoms with Crippen molar-refractivity contribution in [3.05, 3.63) is 108 Å². The van der Waals surface area contributed by atoms with Crippen molar-refractivity contribution in [1.29, 1.82) is 0 Å². The summed E-state index contributed by atoms with van der Waals surface area (Å²) in [6, 6.07) is 18.4. The molecule has 0 saturated carbocycles. The number of carbonyl (C=O) groups excluding carboxylic acids is 2. The Morgan fingerprint density at radius 1 is 0.868 bits per heavy atom. The third kappa shape index (κ3) is 5.00. The van der Waals surface area contributed by atoms with Crippen molar-refractivity contribution in [2.45, 2.75) is 38.6 Å².